The third-order valence-corrected chi connectivity index (χ3v) is 7.99. The number of aromatic amines is 1. The van der Waals surface area contributed by atoms with Gasteiger partial charge in [0.05, 0.1) is 17.7 Å². The van der Waals surface area contributed by atoms with Crippen molar-refractivity contribution >= 4 is 40.9 Å². The fourth-order valence-corrected chi connectivity index (χ4v) is 5.73. The maximum absolute atomic E-state index is 13.1. The lowest BCUT2D eigenvalue weighted by molar-refractivity contribution is -0.110. The van der Waals surface area contributed by atoms with Gasteiger partial charge in [-0.2, -0.15) is 0 Å². The number of benzene rings is 2. The average Bonchev–Trinajstić information content (AvgIpc) is 3.22. The smallest absolute Gasteiger partial charge is 0.256 e. The van der Waals surface area contributed by atoms with Crippen molar-refractivity contribution in [1.82, 2.24) is 15.6 Å². The first-order chi connectivity index (χ1) is 20.0. The molecule has 9 heteroatoms. The first-order valence-corrected chi connectivity index (χ1v) is 15.3. The van der Waals surface area contributed by atoms with Crippen LogP contribution < -0.4 is 16.0 Å². The molecule has 0 bridgehead atoms. The molecule has 0 unspecified atom stereocenters. The summed E-state index contributed by atoms with van der Waals surface area (Å²) in [4.78, 5) is 29.5. The Hall–Kier alpha value is -3.40. The van der Waals surface area contributed by atoms with Crippen molar-refractivity contribution in [2.24, 2.45) is 0 Å². The van der Waals surface area contributed by atoms with Crippen LogP contribution in [0.1, 0.15) is 65.1 Å². The van der Waals surface area contributed by atoms with E-state index in [-0.39, 0.29) is 17.6 Å². The molecular weight excluding hydrogens is 539 g/mol. The maximum atomic E-state index is 13.1. The van der Waals surface area contributed by atoms with Crippen LogP contribution in [0.25, 0.3) is 11.6 Å². The van der Waals surface area contributed by atoms with E-state index >= 15 is 0 Å². The van der Waals surface area contributed by atoms with E-state index in [0.29, 0.717) is 23.4 Å². The molecule has 6 rings (SSSR count). The van der Waals surface area contributed by atoms with E-state index in [0.717, 1.165) is 77.8 Å². The highest BCUT2D eigenvalue weighted by Crippen LogP contribution is 2.37. The van der Waals surface area contributed by atoms with Crippen LogP contribution in [0.4, 0.5) is 10.1 Å². The zero-order valence-corrected chi connectivity index (χ0v) is 24.8. The van der Waals surface area contributed by atoms with Crippen molar-refractivity contribution < 1.29 is 18.7 Å². The van der Waals surface area contributed by atoms with E-state index in [4.69, 9.17) is 4.74 Å². The molecule has 1 saturated heterocycles. The first kappa shape index (κ1) is 30.6. The van der Waals surface area contributed by atoms with Gasteiger partial charge in [-0.3, -0.25) is 9.59 Å². The lowest BCUT2D eigenvalue weighted by atomic mass is 10.0. The van der Waals surface area contributed by atoms with Gasteiger partial charge in [0.15, 0.2) is 0 Å². The number of nitrogens with one attached hydrogen (secondary N) is 4. The van der Waals surface area contributed by atoms with Crippen molar-refractivity contribution in [2.75, 3.05) is 38.2 Å². The van der Waals surface area contributed by atoms with Gasteiger partial charge in [0, 0.05) is 53.0 Å². The number of carbonyl (C=O) groups is 2. The van der Waals surface area contributed by atoms with E-state index in [2.05, 4.69) is 20.9 Å². The number of aromatic nitrogens is 1. The highest BCUT2D eigenvalue weighted by Gasteiger charge is 2.27. The van der Waals surface area contributed by atoms with E-state index < -0.39 is 0 Å². The molecular formula is C32H39FN4O3S. The van der Waals surface area contributed by atoms with E-state index in [1.54, 1.807) is 23.9 Å². The fraction of sp³-hybridized carbons (Fsp3) is 0.375. The Kier molecular flexibility index (Phi) is 11.2. The van der Waals surface area contributed by atoms with Crippen LogP contribution in [0.2, 0.25) is 0 Å². The quantitative estimate of drug-likeness (QED) is 0.227. The number of amides is 2. The number of ether oxygens (including phenoxy) is 1. The minimum absolute atomic E-state index is 0.0633. The summed E-state index contributed by atoms with van der Waals surface area (Å²) in [5.41, 5.74) is 6.48. The standard InChI is InChI=1S/C25H22FN3O2S.C5H11NO.C2H6/c1-14-22(28-21-3-2-10-27-25(31)23(14)21)12-19-18-11-17(8-9-20(18)29-24(19)30)32-13-15-4-6-16(26)7-5-15;1-2-6-3-5-7-4-1;1-2/h4-9,11-12,28H,2-3,10,13H2,1H3,(H,27,31)(H,29,30);6H,1-5H2;1-2H3/b19-12-;;. The number of carbonyl (C=O) groups excluding carboxylic acids is 2. The Balaban J connectivity index is 0.000000372. The summed E-state index contributed by atoms with van der Waals surface area (Å²) in [5, 5.41) is 9.07. The molecule has 4 heterocycles. The molecule has 0 radical (unpaired) electrons. The number of hydrogen-bond acceptors (Lipinski definition) is 5. The third-order valence-electron chi connectivity index (χ3n) is 6.93. The predicted molar refractivity (Wildman–Crippen MR) is 165 cm³/mol. The molecule has 0 aliphatic carbocycles. The summed E-state index contributed by atoms with van der Waals surface area (Å²) < 4.78 is 18.3. The lowest BCUT2D eigenvalue weighted by Gasteiger charge is -2.05. The number of H-pyrrole nitrogens is 1. The monoisotopic (exact) mass is 578 g/mol. The van der Waals surface area contributed by atoms with Crippen LogP contribution in [-0.4, -0.2) is 49.6 Å². The largest absolute Gasteiger partial charge is 0.380 e. The molecule has 1 fully saturated rings. The van der Waals surface area contributed by atoms with Crippen molar-refractivity contribution in [3.05, 3.63) is 81.9 Å². The molecule has 41 heavy (non-hydrogen) atoms. The summed E-state index contributed by atoms with van der Waals surface area (Å²) in [7, 11) is 0. The summed E-state index contributed by atoms with van der Waals surface area (Å²) in [6.45, 7) is 10.6. The van der Waals surface area contributed by atoms with Crippen LogP contribution in [0.15, 0.2) is 47.4 Å². The minimum Gasteiger partial charge on any atom is -0.380 e. The first-order valence-electron chi connectivity index (χ1n) is 14.3. The van der Waals surface area contributed by atoms with Crippen LogP contribution in [-0.2, 0) is 21.7 Å². The molecule has 7 nitrogen and oxygen atoms in total. The number of aryl methyl sites for hydroxylation is 1. The topological polar surface area (TPSA) is 95.2 Å². The Bertz CT molecular complexity index is 1360. The molecule has 3 aromatic rings. The Morgan fingerprint density at radius 2 is 1.78 bits per heavy atom. The predicted octanol–water partition coefficient (Wildman–Crippen LogP) is 5.95. The number of fused-ring (bicyclic) bond motifs is 2. The molecule has 2 amide bonds. The van der Waals surface area contributed by atoms with Crippen LogP contribution >= 0.6 is 11.8 Å². The van der Waals surface area contributed by atoms with Gasteiger partial charge in [-0.15, -0.1) is 11.8 Å². The maximum Gasteiger partial charge on any atom is 0.256 e. The average molecular weight is 579 g/mol. The highest BCUT2D eigenvalue weighted by atomic mass is 32.2. The lowest BCUT2D eigenvalue weighted by Crippen LogP contribution is -2.22. The zero-order valence-electron chi connectivity index (χ0n) is 24.0. The van der Waals surface area contributed by atoms with Crippen molar-refractivity contribution in [1.29, 1.82) is 0 Å². The fourth-order valence-electron chi connectivity index (χ4n) is 4.84. The number of anilines is 1. The van der Waals surface area contributed by atoms with Crippen LogP contribution in [0, 0.1) is 12.7 Å². The van der Waals surface area contributed by atoms with Gasteiger partial charge >= 0.3 is 0 Å². The second kappa shape index (κ2) is 15.0. The second-order valence-corrected chi connectivity index (χ2v) is 10.8. The van der Waals surface area contributed by atoms with Gasteiger partial charge in [-0.05, 0) is 80.3 Å². The normalized spacial score (nSPS) is 17.0. The van der Waals surface area contributed by atoms with Crippen molar-refractivity contribution in [3.8, 4) is 0 Å². The minimum atomic E-state index is -0.245. The number of rotatable bonds is 4. The van der Waals surface area contributed by atoms with Gasteiger partial charge in [0.25, 0.3) is 11.8 Å². The Labute approximate surface area is 245 Å². The van der Waals surface area contributed by atoms with Crippen LogP contribution in [0.5, 0.6) is 0 Å². The number of thioether (sulfide) groups is 1. The van der Waals surface area contributed by atoms with Gasteiger partial charge in [-0.1, -0.05) is 26.0 Å². The second-order valence-electron chi connectivity index (χ2n) is 9.73. The molecule has 1 aromatic heterocycles. The molecule has 2 aromatic carbocycles. The summed E-state index contributed by atoms with van der Waals surface area (Å²) in [5.74, 6) is 0.239. The van der Waals surface area contributed by atoms with E-state index in [9.17, 15) is 14.0 Å². The molecule has 0 spiro atoms. The van der Waals surface area contributed by atoms with E-state index in [1.807, 2.05) is 45.0 Å². The molecule has 4 N–H and O–H groups in total. The van der Waals surface area contributed by atoms with Gasteiger partial charge in [-0.25, -0.2) is 4.39 Å². The zero-order chi connectivity index (χ0) is 29.2. The SMILES string of the molecule is C1CNCCOC1.CC.Cc1c(/C=C2\C(=O)Nc3ccc(SCc4ccc(F)cc4)cc32)[nH]c2c1C(=O)NCCC2. The highest BCUT2D eigenvalue weighted by molar-refractivity contribution is 7.98. The number of halogens is 1. The molecule has 0 saturated carbocycles. The third kappa shape index (κ3) is 7.87. The number of hydrogen-bond donors (Lipinski definition) is 4. The molecule has 218 valence electrons. The van der Waals surface area contributed by atoms with Crippen molar-refractivity contribution in [3.63, 3.8) is 0 Å². The van der Waals surface area contributed by atoms with Crippen molar-refractivity contribution in [2.45, 2.75) is 50.7 Å². The Morgan fingerprint density at radius 1 is 0.976 bits per heavy atom. The molecule has 0 atom stereocenters. The Morgan fingerprint density at radius 3 is 2.59 bits per heavy atom. The molecule has 3 aliphatic heterocycles. The van der Waals surface area contributed by atoms with Crippen LogP contribution in [0.3, 0.4) is 0 Å². The van der Waals surface area contributed by atoms with Gasteiger partial charge in [0.1, 0.15) is 5.82 Å². The summed E-state index contributed by atoms with van der Waals surface area (Å²) in [6.07, 6.45) is 4.69. The van der Waals surface area contributed by atoms with E-state index in [1.165, 1.54) is 18.6 Å². The summed E-state index contributed by atoms with van der Waals surface area (Å²) in [6, 6.07) is 12.4. The summed E-state index contributed by atoms with van der Waals surface area (Å²) >= 11 is 1.63. The van der Waals surface area contributed by atoms with Gasteiger partial charge in [0.2, 0.25) is 0 Å². The molecule has 3 aliphatic rings. The van der Waals surface area contributed by atoms with Gasteiger partial charge < -0.3 is 25.7 Å².